The van der Waals surface area contributed by atoms with Crippen LogP contribution in [0.15, 0.2) is 27.6 Å². The van der Waals surface area contributed by atoms with Gasteiger partial charge in [0.1, 0.15) is 5.82 Å². The lowest BCUT2D eigenvalue weighted by atomic mass is 10.3. The lowest BCUT2D eigenvalue weighted by Crippen LogP contribution is -2.34. The summed E-state index contributed by atoms with van der Waals surface area (Å²) >= 11 is 2.95. The average Bonchev–Trinajstić information content (AvgIpc) is 2.22. The molecule has 0 saturated heterocycles. The normalized spacial score (nSPS) is 12.6. The summed E-state index contributed by atoms with van der Waals surface area (Å²) in [4.78, 5) is -0.117. The third-order valence-electron chi connectivity index (χ3n) is 1.96. The van der Waals surface area contributed by atoms with E-state index in [1.807, 2.05) is 0 Å². The summed E-state index contributed by atoms with van der Waals surface area (Å²) in [5.74, 6) is -0.565. The fourth-order valence-electron chi connectivity index (χ4n) is 1.19. The maximum atomic E-state index is 12.9. The van der Waals surface area contributed by atoms with Gasteiger partial charge in [0.2, 0.25) is 20.0 Å². The van der Waals surface area contributed by atoms with E-state index in [1.165, 1.54) is 0 Å². The molecule has 0 heterocycles. The highest BCUT2D eigenvalue weighted by atomic mass is 79.9. The lowest BCUT2D eigenvalue weighted by Gasteiger charge is -2.08. The van der Waals surface area contributed by atoms with Crippen molar-refractivity contribution in [2.24, 2.45) is 0 Å². The fourth-order valence-corrected chi connectivity index (χ4v) is 3.74. The number of sulfonamides is 2. The Bertz CT molecular complexity index is 661. The number of nitrogens with one attached hydrogen (secondary N) is 2. The van der Waals surface area contributed by atoms with Crippen molar-refractivity contribution in [1.82, 2.24) is 9.44 Å². The Morgan fingerprint density at radius 2 is 1.74 bits per heavy atom. The van der Waals surface area contributed by atoms with Crippen molar-refractivity contribution in [2.75, 3.05) is 19.3 Å². The van der Waals surface area contributed by atoms with Gasteiger partial charge in [-0.1, -0.05) is 0 Å². The zero-order chi connectivity index (χ0) is 14.7. The van der Waals surface area contributed by atoms with Crippen LogP contribution in [0.2, 0.25) is 0 Å². The number of hydrogen-bond acceptors (Lipinski definition) is 4. The van der Waals surface area contributed by atoms with Crippen LogP contribution in [-0.4, -0.2) is 36.2 Å². The molecule has 0 saturated carbocycles. The van der Waals surface area contributed by atoms with E-state index in [4.69, 9.17) is 0 Å². The quantitative estimate of drug-likeness (QED) is 0.705. The molecule has 10 heteroatoms. The molecule has 0 aliphatic heterocycles. The molecule has 0 aromatic heterocycles. The zero-order valence-corrected chi connectivity index (χ0v) is 13.1. The van der Waals surface area contributed by atoms with E-state index in [1.54, 1.807) is 0 Å². The minimum atomic E-state index is -3.82. The fraction of sp³-hybridized carbons (Fsp3) is 0.333. The Labute approximate surface area is 119 Å². The van der Waals surface area contributed by atoms with Crippen LogP contribution in [0.25, 0.3) is 0 Å². The van der Waals surface area contributed by atoms with E-state index in [9.17, 15) is 21.2 Å². The minimum Gasteiger partial charge on any atom is -0.214 e. The van der Waals surface area contributed by atoms with Crippen molar-refractivity contribution in [3.63, 3.8) is 0 Å². The molecular formula is C9H12BrFN2O4S2. The van der Waals surface area contributed by atoms with Gasteiger partial charge in [0.25, 0.3) is 0 Å². The van der Waals surface area contributed by atoms with Crippen LogP contribution < -0.4 is 9.44 Å². The summed E-state index contributed by atoms with van der Waals surface area (Å²) in [5.41, 5.74) is 0. The van der Waals surface area contributed by atoms with Crippen molar-refractivity contribution >= 4 is 36.0 Å². The Morgan fingerprint density at radius 1 is 1.16 bits per heavy atom. The van der Waals surface area contributed by atoms with Gasteiger partial charge < -0.3 is 0 Å². The molecule has 0 bridgehead atoms. The zero-order valence-electron chi connectivity index (χ0n) is 9.85. The van der Waals surface area contributed by atoms with Gasteiger partial charge >= 0.3 is 0 Å². The first-order valence-corrected chi connectivity index (χ1v) is 9.18. The second-order valence-electron chi connectivity index (χ2n) is 3.64. The van der Waals surface area contributed by atoms with E-state index in [-0.39, 0.29) is 22.5 Å². The first-order valence-electron chi connectivity index (χ1n) is 5.01. The van der Waals surface area contributed by atoms with E-state index in [0.717, 1.165) is 24.5 Å². The first-order chi connectivity index (χ1) is 8.62. The predicted molar refractivity (Wildman–Crippen MR) is 72.1 cm³/mol. The highest BCUT2D eigenvalue weighted by Crippen LogP contribution is 2.22. The summed E-state index contributed by atoms with van der Waals surface area (Å²) < 4.78 is 62.5. The van der Waals surface area contributed by atoms with Gasteiger partial charge in [-0.3, -0.25) is 0 Å². The molecule has 0 unspecified atom stereocenters. The second kappa shape index (κ2) is 6.27. The van der Waals surface area contributed by atoms with Crippen LogP contribution in [0, 0.1) is 5.82 Å². The van der Waals surface area contributed by atoms with Crippen LogP contribution in [0.4, 0.5) is 4.39 Å². The standard InChI is InChI=1S/C9H12BrFN2O4S2/c1-18(14,15)12-4-5-13-19(16,17)9-3-2-7(11)6-8(9)10/h2-3,6,12-13H,4-5H2,1H3. The molecule has 0 aliphatic carbocycles. The smallest absolute Gasteiger partial charge is 0.214 e. The molecule has 0 fully saturated rings. The molecule has 0 aliphatic rings. The molecule has 0 spiro atoms. The SMILES string of the molecule is CS(=O)(=O)NCCNS(=O)(=O)c1ccc(F)cc1Br. The Kier molecular flexibility index (Phi) is 5.44. The molecule has 1 rings (SSSR count). The van der Waals surface area contributed by atoms with Gasteiger partial charge in [-0.15, -0.1) is 0 Å². The maximum absolute atomic E-state index is 12.9. The van der Waals surface area contributed by atoms with Gasteiger partial charge in [-0.2, -0.15) is 0 Å². The van der Waals surface area contributed by atoms with Gasteiger partial charge in [-0.25, -0.2) is 30.7 Å². The lowest BCUT2D eigenvalue weighted by molar-refractivity contribution is 0.572. The summed E-state index contributed by atoms with van der Waals surface area (Å²) in [6.45, 7) is -0.184. The number of benzene rings is 1. The van der Waals surface area contributed by atoms with E-state index < -0.39 is 25.9 Å². The maximum Gasteiger partial charge on any atom is 0.241 e. The second-order valence-corrected chi connectivity index (χ2v) is 8.06. The van der Waals surface area contributed by atoms with Crippen LogP contribution in [-0.2, 0) is 20.0 Å². The highest BCUT2D eigenvalue weighted by molar-refractivity contribution is 9.10. The van der Waals surface area contributed by atoms with E-state index in [2.05, 4.69) is 25.4 Å². The Balaban J connectivity index is 2.71. The summed E-state index contributed by atoms with van der Waals surface area (Å²) in [6, 6.07) is 3.17. The predicted octanol–water partition coefficient (Wildman–Crippen LogP) is 0.416. The van der Waals surface area contributed by atoms with E-state index >= 15 is 0 Å². The molecule has 0 atom stereocenters. The number of rotatable bonds is 6. The number of hydrogen-bond donors (Lipinski definition) is 2. The molecule has 0 amide bonds. The summed E-state index contributed by atoms with van der Waals surface area (Å²) in [5, 5.41) is 0. The van der Waals surface area contributed by atoms with Crippen LogP contribution in [0.5, 0.6) is 0 Å². The molecule has 0 radical (unpaired) electrons. The minimum absolute atomic E-state index is 0.0725. The Morgan fingerprint density at radius 3 is 2.26 bits per heavy atom. The molecular weight excluding hydrogens is 363 g/mol. The monoisotopic (exact) mass is 374 g/mol. The van der Waals surface area contributed by atoms with Crippen molar-refractivity contribution in [3.05, 3.63) is 28.5 Å². The summed E-state index contributed by atoms with van der Waals surface area (Å²) in [6.07, 6.45) is 0.970. The Hall–Kier alpha value is -0.550. The third-order valence-corrected chi connectivity index (χ3v) is 5.13. The van der Waals surface area contributed by atoms with Crippen molar-refractivity contribution in [1.29, 1.82) is 0 Å². The summed E-state index contributed by atoms with van der Waals surface area (Å²) in [7, 11) is -7.19. The highest BCUT2D eigenvalue weighted by Gasteiger charge is 2.17. The molecule has 19 heavy (non-hydrogen) atoms. The van der Waals surface area contributed by atoms with Crippen LogP contribution in [0.1, 0.15) is 0 Å². The molecule has 1 aromatic carbocycles. The van der Waals surface area contributed by atoms with Crippen LogP contribution in [0.3, 0.4) is 0 Å². The third kappa shape index (κ3) is 5.53. The van der Waals surface area contributed by atoms with Gasteiger partial charge in [-0.05, 0) is 34.1 Å². The van der Waals surface area contributed by atoms with Gasteiger partial charge in [0.15, 0.2) is 0 Å². The van der Waals surface area contributed by atoms with Gasteiger partial charge in [0.05, 0.1) is 11.2 Å². The average molecular weight is 375 g/mol. The van der Waals surface area contributed by atoms with Gasteiger partial charge in [0, 0.05) is 17.6 Å². The number of halogens is 2. The largest absolute Gasteiger partial charge is 0.241 e. The van der Waals surface area contributed by atoms with Crippen molar-refractivity contribution in [2.45, 2.75) is 4.90 Å². The topological polar surface area (TPSA) is 92.3 Å². The molecule has 6 nitrogen and oxygen atoms in total. The molecule has 1 aromatic rings. The van der Waals surface area contributed by atoms with Crippen molar-refractivity contribution in [3.8, 4) is 0 Å². The van der Waals surface area contributed by atoms with E-state index in [0.29, 0.717) is 0 Å². The molecule has 2 N–H and O–H groups in total. The van der Waals surface area contributed by atoms with Crippen LogP contribution >= 0.6 is 15.9 Å². The molecule has 108 valence electrons. The first kappa shape index (κ1) is 16.5. The van der Waals surface area contributed by atoms with Crippen molar-refractivity contribution < 1.29 is 21.2 Å².